The van der Waals surface area contributed by atoms with Gasteiger partial charge < -0.3 is 4.98 Å². The summed E-state index contributed by atoms with van der Waals surface area (Å²) in [5.74, 6) is 0. The Morgan fingerprint density at radius 1 is 1.23 bits per heavy atom. The SMILES string of the molecule is Cc1cc(=O)[nH]c2ccccc12.Cl. The highest BCUT2D eigenvalue weighted by molar-refractivity contribution is 5.85. The van der Waals surface area contributed by atoms with Crippen molar-refractivity contribution < 1.29 is 0 Å². The number of hydrogen-bond donors (Lipinski definition) is 1. The first-order valence-electron chi connectivity index (χ1n) is 3.86. The van der Waals surface area contributed by atoms with Crippen LogP contribution in [0.5, 0.6) is 0 Å². The van der Waals surface area contributed by atoms with Crippen LogP contribution in [-0.2, 0) is 0 Å². The zero-order chi connectivity index (χ0) is 8.55. The van der Waals surface area contributed by atoms with Gasteiger partial charge in [0.2, 0.25) is 5.56 Å². The number of halogens is 1. The molecule has 0 saturated carbocycles. The summed E-state index contributed by atoms with van der Waals surface area (Å²) in [6, 6.07) is 9.40. The highest BCUT2D eigenvalue weighted by Gasteiger charge is 1.96. The molecule has 0 spiro atoms. The summed E-state index contributed by atoms with van der Waals surface area (Å²) in [6.45, 7) is 1.94. The predicted molar refractivity (Wildman–Crippen MR) is 56.6 cm³/mol. The van der Waals surface area contributed by atoms with Crippen molar-refractivity contribution in [1.29, 1.82) is 0 Å². The predicted octanol–water partition coefficient (Wildman–Crippen LogP) is 2.26. The summed E-state index contributed by atoms with van der Waals surface area (Å²) in [5.41, 5.74) is 1.89. The van der Waals surface area contributed by atoms with Gasteiger partial charge in [0, 0.05) is 17.0 Å². The fraction of sp³-hybridized carbons (Fsp3) is 0.100. The maximum Gasteiger partial charge on any atom is 0.248 e. The molecule has 0 unspecified atom stereocenters. The third-order valence-corrected chi connectivity index (χ3v) is 1.96. The van der Waals surface area contributed by atoms with Crippen LogP contribution in [0.2, 0.25) is 0 Å². The Morgan fingerprint density at radius 2 is 1.92 bits per heavy atom. The Bertz CT molecular complexity index is 476. The zero-order valence-electron chi connectivity index (χ0n) is 7.20. The lowest BCUT2D eigenvalue weighted by atomic mass is 10.1. The Kier molecular flexibility index (Phi) is 2.73. The van der Waals surface area contributed by atoms with Gasteiger partial charge in [0.05, 0.1) is 0 Å². The van der Waals surface area contributed by atoms with E-state index in [2.05, 4.69) is 4.98 Å². The molecule has 0 atom stereocenters. The minimum atomic E-state index is -0.0359. The van der Waals surface area contributed by atoms with Crippen LogP contribution < -0.4 is 5.56 Å². The van der Waals surface area contributed by atoms with Crippen LogP contribution >= 0.6 is 12.4 Å². The first-order chi connectivity index (χ1) is 5.77. The number of rotatable bonds is 0. The average molecular weight is 196 g/mol. The van der Waals surface area contributed by atoms with Gasteiger partial charge in [-0.3, -0.25) is 4.79 Å². The molecule has 0 aliphatic rings. The molecular formula is C10H10ClNO. The molecule has 0 bridgehead atoms. The van der Waals surface area contributed by atoms with E-state index in [1.807, 2.05) is 31.2 Å². The Hall–Kier alpha value is -1.28. The summed E-state index contributed by atoms with van der Waals surface area (Å²) in [4.78, 5) is 13.8. The van der Waals surface area contributed by atoms with Crippen molar-refractivity contribution in [2.75, 3.05) is 0 Å². The van der Waals surface area contributed by atoms with Gasteiger partial charge in [-0.15, -0.1) is 12.4 Å². The zero-order valence-corrected chi connectivity index (χ0v) is 8.02. The minimum absolute atomic E-state index is 0. The quantitative estimate of drug-likeness (QED) is 0.687. The monoisotopic (exact) mass is 195 g/mol. The van der Waals surface area contributed by atoms with Gasteiger partial charge in [0.1, 0.15) is 0 Å². The third kappa shape index (κ3) is 1.73. The molecule has 0 amide bonds. The number of aromatic nitrogens is 1. The lowest BCUT2D eigenvalue weighted by Gasteiger charge is -1.98. The summed E-state index contributed by atoms with van der Waals surface area (Å²) in [6.07, 6.45) is 0. The first kappa shape index (κ1) is 9.81. The first-order valence-corrected chi connectivity index (χ1v) is 3.86. The maximum absolute atomic E-state index is 11.0. The molecule has 1 heterocycles. The number of para-hydroxylation sites is 1. The Labute approximate surface area is 82.0 Å². The van der Waals surface area contributed by atoms with Crippen molar-refractivity contribution in [3.05, 3.63) is 46.2 Å². The van der Waals surface area contributed by atoms with Crippen LogP contribution in [0.3, 0.4) is 0 Å². The lowest BCUT2D eigenvalue weighted by Crippen LogP contribution is -2.04. The number of aromatic amines is 1. The van der Waals surface area contributed by atoms with Crippen LogP contribution in [-0.4, -0.2) is 4.98 Å². The van der Waals surface area contributed by atoms with E-state index in [1.165, 1.54) is 0 Å². The van der Waals surface area contributed by atoms with Crippen LogP contribution in [0.25, 0.3) is 10.9 Å². The molecular weight excluding hydrogens is 186 g/mol. The summed E-state index contributed by atoms with van der Waals surface area (Å²) in [5, 5.41) is 1.11. The topological polar surface area (TPSA) is 32.9 Å². The van der Waals surface area contributed by atoms with Crippen molar-refractivity contribution in [2.45, 2.75) is 6.92 Å². The van der Waals surface area contributed by atoms with Crippen LogP contribution in [0.15, 0.2) is 35.1 Å². The van der Waals surface area contributed by atoms with E-state index in [-0.39, 0.29) is 18.0 Å². The molecule has 0 radical (unpaired) electrons. The van der Waals surface area contributed by atoms with Gasteiger partial charge in [0.15, 0.2) is 0 Å². The molecule has 68 valence electrons. The molecule has 2 aromatic rings. The molecule has 0 aliphatic heterocycles. The van der Waals surface area contributed by atoms with Crippen molar-refractivity contribution in [3.63, 3.8) is 0 Å². The summed E-state index contributed by atoms with van der Waals surface area (Å²) >= 11 is 0. The molecule has 1 aromatic carbocycles. The van der Waals surface area contributed by atoms with Crippen molar-refractivity contribution in [3.8, 4) is 0 Å². The van der Waals surface area contributed by atoms with Gasteiger partial charge in [-0.1, -0.05) is 18.2 Å². The second-order valence-corrected chi connectivity index (χ2v) is 2.86. The number of hydrogen-bond acceptors (Lipinski definition) is 1. The van der Waals surface area contributed by atoms with E-state index >= 15 is 0 Å². The normalized spacial score (nSPS) is 9.62. The highest BCUT2D eigenvalue weighted by atomic mass is 35.5. The second kappa shape index (κ2) is 3.62. The minimum Gasteiger partial charge on any atom is -0.322 e. The van der Waals surface area contributed by atoms with Crippen molar-refractivity contribution >= 4 is 23.3 Å². The largest absolute Gasteiger partial charge is 0.322 e. The van der Waals surface area contributed by atoms with Gasteiger partial charge in [0.25, 0.3) is 0 Å². The molecule has 2 rings (SSSR count). The van der Waals surface area contributed by atoms with Crippen LogP contribution in [0, 0.1) is 6.92 Å². The smallest absolute Gasteiger partial charge is 0.248 e. The van der Waals surface area contributed by atoms with Gasteiger partial charge in [-0.05, 0) is 18.6 Å². The number of aryl methyl sites for hydroxylation is 1. The third-order valence-electron chi connectivity index (χ3n) is 1.96. The van der Waals surface area contributed by atoms with E-state index in [0.29, 0.717) is 0 Å². The molecule has 0 fully saturated rings. The fourth-order valence-corrected chi connectivity index (χ4v) is 1.38. The number of fused-ring (bicyclic) bond motifs is 1. The molecule has 13 heavy (non-hydrogen) atoms. The fourth-order valence-electron chi connectivity index (χ4n) is 1.38. The number of pyridine rings is 1. The van der Waals surface area contributed by atoms with E-state index in [1.54, 1.807) is 6.07 Å². The van der Waals surface area contributed by atoms with E-state index in [9.17, 15) is 4.79 Å². The van der Waals surface area contributed by atoms with Crippen molar-refractivity contribution in [1.82, 2.24) is 4.98 Å². The molecule has 1 aromatic heterocycles. The van der Waals surface area contributed by atoms with E-state index in [0.717, 1.165) is 16.5 Å². The number of H-pyrrole nitrogens is 1. The Balaban J connectivity index is 0.000000845. The molecule has 0 saturated heterocycles. The summed E-state index contributed by atoms with van der Waals surface area (Å²) < 4.78 is 0. The Morgan fingerprint density at radius 3 is 2.69 bits per heavy atom. The molecule has 1 N–H and O–H groups in total. The highest BCUT2D eigenvalue weighted by Crippen LogP contribution is 2.12. The van der Waals surface area contributed by atoms with E-state index < -0.39 is 0 Å². The van der Waals surface area contributed by atoms with Gasteiger partial charge >= 0.3 is 0 Å². The molecule has 3 heteroatoms. The maximum atomic E-state index is 11.0. The number of benzene rings is 1. The average Bonchev–Trinajstić information content (AvgIpc) is 2.04. The molecule has 0 aliphatic carbocycles. The van der Waals surface area contributed by atoms with Crippen LogP contribution in [0.1, 0.15) is 5.56 Å². The van der Waals surface area contributed by atoms with Crippen molar-refractivity contribution in [2.24, 2.45) is 0 Å². The standard InChI is InChI=1S/C10H9NO.ClH/c1-7-6-10(12)11-9-5-3-2-4-8(7)9;/h2-6H,1H3,(H,11,12);1H. The second-order valence-electron chi connectivity index (χ2n) is 2.86. The molecule has 2 nitrogen and oxygen atoms in total. The van der Waals surface area contributed by atoms with Gasteiger partial charge in [-0.2, -0.15) is 0 Å². The number of nitrogens with one attached hydrogen (secondary N) is 1. The van der Waals surface area contributed by atoms with E-state index in [4.69, 9.17) is 0 Å². The van der Waals surface area contributed by atoms with Gasteiger partial charge in [-0.25, -0.2) is 0 Å². The summed E-state index contributed by atoms with van der Waals surface area (Å²) in [7, 11) is 0. The lowest BCUT2D eigenvalue weighted by molar-refractivity contribution is 1.28. The van der Waals surface area contributed by atoms with Crippen LogP contribution in [0.4, 0.5) is 0 Å².